The van der Waals surface area contributed by atoms with Crippen molar-refractivity contribution in [1.29, 1.82) is 0 Å². The van der Waals surface area contributed by atoms with Gasteiger partial charge >= 0.3 is 11.8 Å². The highest BCUT2D eigenvalue weighted by Gasteiger charge is 2.14. The van der Waals surface area contributed by atoms with E-state index in [-0.39, 0.29) is 0 Å². The molecule has 2 amide bonds. The van der Waals surface area contributed by atoms with Gasteiger partial charge in [0, 0.05) is 33.3 Å². The lowest BCUT2D eigenvalue weighted by atomic mass is 10.2. The zero-order chi connectivity index (χ0) is 21.0. The number of para-hydroxylation sites is 1. The number of hydrogen-bond donors (Lipinski definition) is 2. The average Bonchev–Trinajstić information content (AvgIpc) is 2.95. The summed E-state index contributed by atoms with van der Waals surface area (Å²) in [4.78, 5) is 23.9. The number of carbonyl (C=O) groups is 2. The fourth-order valence-electron chi connectivity index (χ4n) is 3.07. The molecule has 0 radical (unpaired) electrons. The summed E-state index contributed by atoms with van der Waals surface area (Å²) < 4.78 is 2.13. The van der Waals surface area contributed by atoms with Crippen LogP contribution in [0.15, 0.2) is 59.7 Å². The number of carbonyl (C=O) groups excluding carboxylic acids is 2. The smallest absolute Gasteiger partial charge is 0.318 e. The van der Waals surface area contributed by atoms with Crippen LogP contribution in [0.3, 0.4) is 0 Å². The zero-order valence-electron chi connectivity index (χ0n) is 16.4. The Bertz CT molecular complexity index is 1100. The number of benzene rings is 2. The van der Waals surface area contributed by atoms with Crippen LogP contribution in [0.5, 0.6) is 0 Å². The van der Waals surface area contributed by atoms with Gasteiger partial charge in [0.1, 0.15) is 0 Å². The number of rotatable bonds is 4. The maximum Gasteiger partial charge on any atom is 0.329 e. The van der Waals surface area contributed by atoms with Crippen LogP contribution in [-0.4, -0.2) is 22.6 Å². The molecule has 2 N–H and O–H groups in total. The van der Waals surface area contributed by atoms with Gasteiger partial charge in [-0.15, -0.1) is 0 Å². The zero-order valence-corrected chi connectivity index (χ0v) is 17.1. The van der Waals surface area contributed by atoms with Gasteiger partial charge in [0.05, 0.1) is 6.21 Å². The molecular formula is C22H21ClN4O2. The predicted molar refractivity (Wildman–Crippen MR) is 116 cm³/mol. The van der Waals surface area contributed by atoms with E-state index in [0.29, 0.717) is 10.7 Å². The van der Waals surface area contributed by atoms with Crippen LogP contribution in [0.2, 0.25) is 5.02 Å². The monoisotopic (exact) mass is 408 g/mol. The number of anilines is 1. The van der Waals surface area contributed by atoms with E-state index >= 15 is 0 Å². The van der Waals surface area contributed by atoms with E-state index in [0.717, 1.165) is 28.2 Å². The van der Waals surface area contributed by atoms with Crippen LogP contribution < -0.4 is 10.7 Å². The maximum absolute atomic E-state index is 12.0. The van der Waals surface area contributed by atoms with Crippen LogP contribution >= 0.6 is 11.6 Å². The molecular weight excluding hydrogens is 388 g/mol. The summed E-state index contributed by atoms with van der Waals surface area (Å²) in [5.74, 6) is -1.69. The Balaban J connectivity index is 1.69. The highest BCUT2D eigenvalue weighted by molar-refractivity contribution is 6.39. The van der Waals surface area contributed by atoms with Gasteiger partial charge < -0.3 is 9.88 Å². The van der Waals surface area contributed by atoms with E-state index in [1.165, 1.54) is 6.21 Å². The molecule has 0 unspecified atom stereocenters. The van der Waals surface area contributed by atoms with Gasteiger partial charge in [-0.25, -0.2) is 5.43 Å². The minimum atomic E-state index is -0.867. The number of hydrazone groups is 1. The number of amides is 2. The van der Waals surface area contributed by atoms with E-state index in [1.54, 1.807) is 24.3 Å². The normalized spacial score (nSPS) is 10.9. The van der Waals surface area contributed by atoms with Crippen molar-refractivity contribution in [2.24, 2.45) is 5.10 Å². The van der Waals surface area contributed by atoms with Crippen molar-refractivity contribution in [2.45, 2.75) is 20.8 Å². The van der Waals surface area contributed by atoms with E-state index in [4.69, 9.17) is 11.6 Å². The van der Waals surface area contributed by atoms with Crippen molar-refractivity contribution in [3.8, 4) is 5.69 Å². The van der Waals surface area contributed by atoms with Gasteiger partial charge in [-0.05, 0) is 56.7 Å². The summed E-state index contributed by atoms with van der Waals surface area (Å²) in [6.45, 7) is 6.04. The van der Waals surface area contributed by atoms with Crippen LogP contribution in [0.1, 0.15) is 22.5 Å². The van der Waals surface area contributed by atoms with Gasteiger partial charge in [-0.3, -0.25) is 9.59 Å². The molecule has 0 bridgehead atoms. The summed E-state index contributed by atoms with van der Waals surface area (Å²) in [5.41, 5.74) is 7.81. The Morgan fingerprint density at radius 3 is 2.48 bits per heavy atom. The standard InChI is InChI=1S/C22H21ClN4O2/c1-14-7-4-5-10-20(14)27-15(2)11-17(16(27)3)13-24-26-22(29)21(28)25-19-9-6-8-18(23)12-19/h4-13H,1-3H3,(H,25,28)(H,26,29)/b24-13-. The second kappa shape index (κ2) is 8.75. The molecule has 6 nitrogen and oxygen atoms in total. The molecule has 29 heavy (non-hydrogen) atoms. The third kappa shape index (κ3) is 4.73. The average molecular weight is 409 g/mol. The van der Waals surface area contributed by atoms with Crippen molar-refractivity contribution in [2.75, 3.05) is 5.32 Å². The van der Waals surface area contributed by atoms with Crippen LogP contribution in [0.25, 0.3) is 5.69 Å². The maximum atomic E-state index is 12.0. The largest absolute Gasteiger partial charge is 0.329 e. The Hall–Kier alpha value is -3.38. The first kappa shape index (κ1) is 20.4. The van der Waals surface area contributed by atoms with Crippen molar-refractivity contribution in [3.05, 3.63) is 82.1 Å². The fourth-order valence-corrected chi connectivity index (χ4v) is 3.26. The van der Waals surface area contributed by atoms with Crippen LogP contribution in [-0.2, 0) is 9.59 Å². The van der Waals surface area contributed by atoms with E-state index < -0.39 is 11.8 Å². The number of aromatic nitrogens is 1. The molecule has 1 aromatic heterocycles. The van der Waals surface area contributed by atoms with Crippen molar-refractivity contribution >= 4 is 35.3 Å². The third-order valence-electron chi connectivity index (χ3n) is 4.49. The van der Waals surface area contributed by atoms with Crippen LogP contribution in [0.4, 0.5) is 5.69 Å². The molecule has 0 atom stereocenters. The highest BCUT2D eigenvalue weighted by atomic mass is 35.5. The van der Waals surface area contributed by atoms with Gasteiger partial charge in [-0.2, -0.15) is 5.10 Å². The summed E-state index contributed by atoms with van der Waals surface area (Å²) in [5, 5.41) is 6.86. The lowest BCUT2D eigenvalue weighted by Crippen LogP contribution is -2.32. The van der Waals surface area contributed by atoms with Crippen molar-refractivity contribution in [3.63, 3.8) is 0 Å². The van der Waals surface area contributed by atoms with E-state index in [1.807, 2.05) is 32.0 Å². The molecule has 1 heterocycles. The van der Waals surface area contributed by atoms with Crippen molar-refractivity contribution < 1.29 is 9.59 Å². The SMILES string of the molecule is Cc1ccccc1-n1c(C)cc(/C=N\NC(=O)C(=O)Nc2cccc(Cl)c2)c1C. The molecule has 0 aliphatic heterocycles. The molecule has 3 rings (SSSR count). The number of nitrogens with one attached hydrogen (secondary N) is 2. The predicted octanol–water partition coefficient (Wildman–Crippen LogP) is 4.14. The van der Waals surface area contributed by atoms with Gasteiger partial charge in [0.2, 0.25) is 0 Å². The molecule has 148 valence electrons. The lowest BCUT2D eigenvalue weighted by Gasteiger charge is -2.12. The second-order valence-corrected chi connectivity index (χ2v) is 7.05. The number of aryl methyl sites for hydroxylation is 2. The fraction of sp³-hybridized carbons (Fsp3) is 0.136. The van der Waals surface area contributed by atoms with Gasteiger partial charge in [0.15, 0.2) is 0 Å². The Morgan fingerprint density at radius 1 is 1.00 bits per heavy atom. The molecule has 0 saturated heterocycles. The first-order valence-corrected chi connectivity index (χ1v) is 9.39. The highest BCUT2D eigenvalue weighted by Crippen LogP contribution is 2.22. The third-order valence-corrected chi connectivity index (χ3v) is 4.72. The topological polar surface area (TPSA) is 75.5 Å². The minimum Gasteiger partial charge on any atom is -0.318 e. The number of hydrogen-bond acceptors (Lipinski definition) is 3. The minimum absolute atomic E-state index is 0.434. The molecule has 0 spiro atoms. The first-order chi connectivity index (χ1) is 13.9. The Labute approximate surface area is 174 Å². The van der Waals surface area contributed by atoms with E-state index in [9.17, 15) is 9.59 Å². The van der Waals surface area contributed by atoms with Crippen LogP contribution in [0, 0.1) is 20.8 Å². The molecule has 0 aliphatic rings. The Morgan fingerprint density at radius 2 is 1.76 bits per heavy atom. The number of halogens is 1. The lowest BCUT2D eigenvalue weighted by molar-refractivity contribution is -0.136. The molecule has 0 aliphatic carbocycles. The number of nitrogens with zero attached hydrogens (tertiary/aromatic N) is 2. The summed E-state index contributed by atoms with van der Waals surface area (Å²) in [6.07, 6.45) is 1.53. The van der Waals surface area contributed by atoms with Gasteiger partial charge in [0.25, 0.3) is 0 Å². The first-order valence-electron chi connectivity index (χ1n) is 9.01. The molecule has 3 aromatic rings. The summed E-state index contributed by atoms with van der Waals surface area (Å²) >= 11 is 5.87. The van der Waals surface area contributed by atoms with Crippen molar-refractivity contribution in [1.82, 2.24) is 9.99 Å². The molecule has 0 saturated carbocycles. The molecule has 2 aromatic carbocycles. The quantitative estimate of drug-likeness (QED) is 0.386. The molecule has 0 fully saturated rings. The Kier molecular flexibility index (Phi) is 6.14. The summed E-state index contributed by atoms with van der Waals surface area (Å²) in [7, 11) is 0. The summed E-state index contributed by atoms with van der Waals surface area (Å²) in [6, 6.07) is 16.6. The molecule has 7 heteroatoms. The van der Waals surface area contributed by atoms with Gasteiger partial charge in [-0.1, -0.05) is 35.9 Å². The van der Waals surface area contributed by atoms with E-state index in [2.05, 4.69) is 39.5 Å². The second-order valence-electron chi connectivity index (χ2n) is 6.61.